The van der Waals surface area contributed by atoms with Crippen LogP contribution < -0.4 is 5.32 Å². The van der Waals surface area contributed by atoms with Crippen molar-refractivity contribution in [2.75, 3.05) is 5.32 Å². The fourth-order valence-electron chi connectivity index (χ4n) is 2.11. The van der Waals surface area contributed by atoms with Crippen LogP contribution in [0.1, 0.15) is 16.1 Å². The number of halogens is 1. The molecule has 0 saturated heterocycles. The summed E-state index contributed by atoms with van der Waals surface area (Å²) in [4.78, 5) is 12.2. The zero-order chi connectivity index (χ0) is 16.4. The number of carbonyl (C=O) groups is 1. The number of hydrogen-bond donors (Lipinski definition) is 2. The summed E-state index contributed by atoms with van der Waals surface area (Å²) in [5.74, 6) is -1.17. The monoisotopic (exact) mass is 312 g/mol. The molecule has 2 aromatic carbocycles. The van der Waals surface area contributed by atoms with E-state index in [0.717, 1.165) is 5.56 Å². The van der Waals surface area contributed by atoms with Gasteiger partial charge in [0.15, 0.2) is 0 Å². The molecule has 116 valence electrons. The molecular formula is C17H13FN2O3. The molecule has 3 aromatic rings. The molecule has 0 spiro atoms. The number of nitrogens with one attached hydrogen (secondary N) is 1. The lowest BCUT2D eigenvalue weighted by Gasteiger charge is -2.06. The molecular weight excluding hydrogens is 299 g/mol. The highest BCUT2D eigenvalue weighted by Gasteiger charge is 2.17. The van der Waals surface area contributed by atoms with Gasteiger partial charge in [0, 0.05) is 11.6 Å². The van der Waals surface area contributed by atoms with Crippen molar-refractivity contribution < 1.29 is 18.8 Å². The Morgan fingerprint density at radius 3 is 2.78 bits per heavy atom. The van der Waals surface area contributed by atoms with Gasteiger partial charge < -0.3 is 14.9 Å². The highest BCUT2D eigenvalue weighted by atomic mass is 19.1. The number of benzene rings is 2. The van der Waals surface area contributed by atoms with Gasteiger partial charge in [-0.2, -0.15) is 0 Å². The molecule has 1 amide bonds. The SMILES string of the molecule is Cc1ccc(O)c(NC(=O)c2cc(-c3ccccc3F)no2)c1. The van der Waals surface area contributed by atoms with Gasteiger partial charge in [-0.3, -0.25) is 4.79 Å². The molecule has 1 aromatic heterocycles. The zero-order valence-corrected chi connectivity index (χ0v) is 12.2. The summed E-state index contributed by atoms with van der Waals surface area (Å²) in [5.41, 5.74) is 1.61. The van der Waals surface area contributed by atoms with E-state index in [2.05, 4.69) is 10.5 Å². The fraction of sp³-hybridized carbons (Fsp3) is 0.0588. The first-order valence-corrected chi connectivity index (χ1v) is 6.87. The molecule has 0 aliphatic heterocycles. The van der Waals surface area contributed by atoms with E-state index < -0.39 is 11.7 Å². The number of aromatic nitrogens is 1. The first-order chi connectivity index (χ1) is 11.0. The second-order valence-electron chi connectivity index (χ2n) is 5.03. The number of phenols is 1. The third kappa shape index (κ3) is 3.06. The number of amides is 1. The zero-order valence-electron chi connectivity index (χ0n) is 12.2. The van der Waals surface area contributed by atoms with Crippen LogP contribution in [0.25, 0.3) is 11.3 Å². The van der Waals surface area contributed by atoms with E-state index in [4.69, 9.17) is 4.52 Å². The molecule has 0 atom stereocenters. The van der Waals surface area contributed by atoms with E-state index in [1.54, 1.807) is 30.3 Å². The van der Waals surface area contributed by atoms with Crippen molar-refractivity contribution in [1.82, 2.24) is 5.16 Å². The first-order valence-electron chi connectivity index (χ1n) is 6.87. The van der Waals surface area contributed by atoms with Gasteiger partial charge in [-0.05, 0) is 36.8 Å². The van der Waals surface area contributed by atoms with Crippen molar-refractivity contribution in [2.24, 2.45) is 0 Å². The molecule has 0 unspecified atom stereocenters. The van der Waals surface area contributed by atoms with E-state index in [1.165, 1.54) is 18.2 Å². The maximum Gasteiger partial charge on any atom is 0.294 e. The molecule has 5 nitrogen and oxygen atoms in total. The number of aryl methyl sites for hydroxylation is 1. The fourth-order valence-corrected chi connectivity index (χ4v) is 2.11. The van der Waals surface area contributed by atoms with Crippen LogP contribution in [0.2, 0.25) is 0 Å². The van der Waals surface area contributed by atoms with E-state index in [9.17, 15) is 14.3 Å². The number of phenolic OH excluding ortho intramolecular Hbond substituents is 1. The molecule has 0 radical (unpaired) electrons. The minimum Gasteiger partial charge on any atom is -0.506 e. The van der Waals surface area contributed by atoms with Crippen LogP contribution >= 0.6 is 0 Å². The van der Waals surface area contributed by atoms with Crippen molar-refractivity contribution >= 4 is 11.6 Å². The van der Waals surface area contributed by atoms with Gasteiger partial charge in [0.05, 0.1) is 5.69 Å². The average molecular weight is 312 g/mol. The predicted molar refractivity (Wildman–Crippen MR) is 82.7 cm³/mol. The van der Waals surface area contributed by atoms with Crippen LogP contribution in [0, 0.1) is 12.7 Å². The van der Waals surface area contributed by atoms with Crippen molar-refractivity contribution in [3.63, 3.8) is 0 Å². The number of rotatable bonds is 3. The Hall–Kier alpha value is -3.15. The van der Waals surface area contributed by atoms with Crippen molar-refractivity contribution in [2.45, 2.75) is 6.92 Å². The minimum absolute atomic E-state index is 0.0576. The number of nitrogens with zero attached hydrogens (tertiary/aromatic N) is 1. The van der Waals surface area contributed by atoms with Crippen molar-refractivity contribution in [3.8, 4) is 17.0 Å². The lowest BCUT2D eigenvalue weighted by molar-refractivity contribution is 0.0987. The van der Waals surface area contributed by atoms with Gasteiger partial charge in [0.25, 0.3) is 5.91 Å². The Morgan fingerprint density at radius 2 is 2.00 bits per heavy atom. The molecule has 3 rings (SSSR count). The Kier molecular flexibility index (Phi) is 3.80. The third-order valence-corrected chi connectivity index (χ3v) is 3.28. The average Bonchev–Trinajstić information content (AvgIpc) is 3.01. The molecule has 0 aliphatic carbocycles. The van der Waals surface area contributed by atoms with Crippen molar-refractivity contribution in [3.05, 3.63) is 65.7 Å². The van der Waals surface area contributed by atoms with Crippen LogP contribution in [-0.2, 0) is 0 Å². The van der Waals surface area contributed by atoms with Gasteiger partial charge in [-0.1, -0.05) is 23.4 Å². The first kappa shape index (κ1) is 14.8. The van der Waals surface area contributed by atoms with E-state index >= 15 is 0 Å². The van der Waals surface area contributed by atoms with Crippen LogP contribution in [-0.4, -0.2) is 16.2 Å². The number of aromatic hydroxyl groups is 1. The summed E-state index contributed by atoms with van der Waals surface area (Å²) in [6, 6.07) is 12.2. The maximum absolute atomic E-state index is 13.7. The van der Waals surface area contributed by atoms with Crippen molar-refractivity contribution in [1.29, 1.82) is 0 Å². The normalized spacial score (nSPS) is 10.5. The third-order valence-electron chi connectivity index (χ3n) is 3.28. The molecule has 0 aliphatic rings. The number of anilines is 1. The van der Waals surface area contributed by atoms with Gasteiger partial charge in [0.2, 0.25) is 5.76 Å². The summed E-state index contributed by atoms with van der Waals surface area (Å²) >= 11 is 0. The summed E-state index contributed by atoms with van der Waals surface area (Å²) in [6.07, 6.45) is 0. The van der Waals surface area contributed by atoms with E-state index in [-0.39, 0.29) is 28.5 Å². The van der Waals surface area contributed by atoms with E-state index in [0.29, 0.717) is 0 Å². The summed E-state index contributed by atoms with van der Waals surface area (Å²) in [6.45, 7) is 1.83. The largest absolute Gasteiger partial charge is 0.506 e. The van der Waals surface area contributed by atoms with Gasteiger partial charge >= 0.3 is 0 Å². The standard InChI is InChI=1S/C17H13FN2O3/c1-10-6-7-15(21)14(8-10)19-17(22)16-9-13(20-23-16)11-4-2-3-5-12(11)18/h2-9,21H,1H3,(H,19,22). The highest BCUT2D eigenvalue weighted by molar-refractivity contribution is 6.03. The predicted octanol–water partition coefficient (Wildman–Crippen LogP) is 3.75. The maximum atomic E-state index is 13.7. The highest BCUT2D eigenvalue weighted by Crippen LogP contribution is 2.26. The lowest BCUT2D eigenvalue weighted by Crippen LogP contribution is -2.11. The van der Waals surface area contributed by atoms with Gasteiger partial charge in [-0.15, -0.1) is 0 Å². The smallest absolute Gasteiger partial charge is 0.294 e. The molecule has 23 heavy (non-hydrogen) atoms. The molecule has 0 fully saturated rings. The van der Waals surface area contributed by atoms with Gasteiger partial charge in [0.1, 0.15) is 17.3 Å². The molecule has 0 bridgehead atoms. The summed E-state index contributed by atoms with van der Waals surface area (Å²) < 4.78 is 18.7. The Balaban J connectivity index is 1.84. The summed E-state index contributed by atoms with van der Waals surface area (Å²) in [5, 5.41) is 16.0. The number of carbonyl (C=O) groups excluding carboxylic acids is 1. The quantitative estimate of drug-likeness (QED) is 0.722. The van der Waals surface area contributed by atoms with E-state index in [1.807, 2.05) is 6.92 Å². The Morgan fingerprint density at radius 1 is 1.22 bits per heavy atom. The van der Waals surface area contributed by atoms with Crippen LogP contribution in [0.5, 0.6) is 5.75 Å². The Bertz CT molecular complexity index is 874. The second kappa shape index (κ2) is 5.92. The van der Waals surface area contributed by atoms with Crippen LogP contribution in [0.3, 0.4) is 0 Å². The number of hydrogen-bond acceptors (Lipinski definition) is 4. The molecule has 6 heteroatoms. The minimum atomic E-state index is -0.582. The van der Waals surface area contributed by atoms with Gasteiger partial charge in [-0.25, -0.2) is 4.39 Å². The molecule has 1 heterocycles. The Labute approximate surface area is 131 Å². The molecule has 2 N–H and O–H groups in total. The molecule has 0 saturated carbocycles. The second-order valence-corrected chi connectivity index (χ2v) is 5.03. The van der Waals surface area contributed by atoms with Crippen LogP contribution in [0.15, 0.2) is 53.1 Å². The van der Waals surface area contributed by atoms with Crippen LogP contribution in [0.4, 0.5) is 10.1 Å². The topological polar surface area (TPSA) is 75.4 Å². The lowest BCUT2D eigenvalue weighted by atomic mass is 10.1. The summed E-state index contributed by atoms with van der Waals surface area (Å²) in [7, 11) is 0.